The number of aliphatic hydroxyl groups excluding tert-OH is 2. The number of benzene rings is 4. The second-order valence-electron chi connectivity index (χ2n) is 15.3. The number of carbonyl (C=O) groups excluding carboxylic acids is 2. The zero-order valence-corrected chi connectivity index (χ0v) is 38.1. The van der Waals surface area contributed by atoms with E-state index < -0.39 is 42.2 Å². The molecule has 4 heterocycles. The first-order chi connectivity index (χ1) is 33.1. The number of rotatable bonds is 14. The Hall–Kier alpha value is -7.64. The molecule has 0 saturated carbocycles. The topological polar surface area (TPSA) is 206 Å². The molecule has 14 nitrogen and oxygen atoms in total. The van der Waals surface area contributed by atoms with Crippen LogP contribution in [0.2, 0.25) is 10.0 Å². The number of H-pyrrole nitrogens is 2. The Labute approximate surface area is 402 Å². The molecule has 69 heavy (non-hydrogen) atoms. The number of carbonyl (C=O) groups is 2. The highest BCUT2D eigenvalue weighted by Crippen LogP contribution is 2.32. The fraction of sp³-hybridized carbons (Fsp3) is 0.143. The normalized spacial score (nSPS) is 12.0. The van der Waals surface area contributed by atoms with Crippen LogP contribution in [0.1, 0.15) is 60.9 Å². The summed E-state index contributed by atoms with van der Waals surface area (Å²) in [6.45, 7) is 2.83. The molecule has 0 radical (unpaired) electrons. The van der Waals surface area contributed by atoms with Crippen molar-refractivity contribution in [1.82, 2.24) is 40.5 Å². The van der Waals surface area contributed by atoms with Gasteiger partial charge in [-0.2, -0.15) is 13.2 Å². The number of amides is 2. The van der Waals surface area contributed by atoms with E-state index in [0.717, 1.165) is 28.8 Å². The molecule has 4 aromatic carbocycles. The maximum Gasteiger partial charge on any atom is 0.416 e. The third-order valence-electron chi connectivity index (χ3n) is 10.5. The number of halogens is 6. The number of hydrogen-bond donors (Lipinski definition) is 8. The van der Waals surface area contributed by atoms with Crippen LogP contribution < -0.4 is 21.3 Å². The molecule has 4 aromatic heterocycles. The molecule has 0 aliphatic carbocycles. The number of aromatic nitrogens is 6. The summed E-state index contributed by atoms with van der Waals surface area (Å²) in [5, 5.41) is 31.4. The number of aryl methyl sites for hydroxylation is 2. The number of hydrogen-bond acceptors (Lipinski definition) is 10. The van der Waals surface area contributed by atoms with Crippen LogP contribution >= 0.6 is 23.2 Å². The molecule has 20 heteroatoms. The number of alkyl halides is 3. The van der Waals surface area contributed by atoms with Crippen LogP contribution in [0.3, 0.4) is 0 Å². The van der Waals surface area contributed by atoms with Crippen molar-refractivity contribution in [3.63, 3.8) is 0 Å². The Balaban J connectivity index is 0.000000205. The highest BCUT2D eigenvalue weighted by molar-refractivity contribution is 6.33. The molecular weight excluding hydrogens is 940 g/mol. The van der Waals surface area contributed by atoms with E-state index in [0.29, 0.717) is 44.9 Å². The monoisotopic (exact) mass is 980 g/mol. The largest absolute Gasteiger partial charge is 0.416 e. The van der Waals surface area contributed by atoms with Crippen LogP contribution in [-0.4, -0.2) is 65.1 Å². The number of aromatic amines is 2. The summed E-state index contributed by atoms with van der Waals surface area (Å²) in [4.78, 5) is 48.8. The van der Waals surface area contributed by atoms with E-state index in [1.807, 2.05) is 50.2 Å². The highest BCUT2D eigenvalue weighted by atomic mass is 35.5. The first-order valence-corrected chi connectivity index (χ1v) is 21.7. The lowest BCUT2D eigenvalue weighted by Gasteiger charge is -2.18. The van der Waals surface area contributed by atoms with Gasteiger partial charge in [-0.15, -0.1) is 0 Å². The Morgan fingerprint density at radius 2 is 1.16 bits per heavy atom. The number of anilines is 4. The lowest BCUT2D eigenvalue weighted by Crippen LogP contribution is -2.31. The number of nitrogens with one attached hydrogen (secondary N) is 6. The minimum Gasteiger partial charge on any atom is -0.394 e. The summed E-state index contributed by atoms with van der Waals surface area (Å²) >= 11 is 12.3. The van der Waals surface area contributed by atoms with Gasteiger partial charge in [0.25, 0.3) is 11.8 Å². The van der Waals surface area contributed by atoms with E-state index in [1.165, 1.54) is 24.3 Å². The summed E-state index contributed by atoms with van der Waals surface area (Å²) in [5.74, 6) is -1.02. The van der Waals surface area contributed by atoms with Gasteiger partial charge in [-0.1, -0.05) is 83.9 Å². The fourth-order valence-electron chi connectivity index (χ4n) is 6.88. The van der Waals surface area contributed by atoms with Gasteiger partial charge in [0, 0.05) is 35.9 Å². The summed E-state index contributed by atoms with van der Waals surface area (Å²) in [6, 6.07) is 26.8. The average molecular weight is 982 g/mol. The smallest absolute Gasteiger partial charge is 0.394 e. The quantitative estimate of drug-likeness (QED) is 0.0484. The van der Waals surface area contributed by atoms with E-state index in [4.69, 9.17) is 23.2 Å². The van der Waals surface area contributed by atoms with Crippen molar-refractivity contribution in [3.05, 3.63) is 189 Å². The van der Waals surface area contributed by atoms with E-state index in [1.54, 1.807) is 61.2 Å². The summed E-state index contributed by atoms with van der Waals surface area (Å²) in [5.41, 5.74) is 5.14. The van der Waals surface area contributed by atoms with Gasteiger partial charge in [0.2, 0.25) is 11.9 Å². The van der Waals surface area contributed by atoms with Gasteiger partial charge in [-0.3, -0.25) is 9.59 Å². The van der Waals surface area contributed by atoms with Crippen LogP contribution in [0.5, 0.6) is 0 Å². The Morgan fingerprint density at radius 3 is 1.71 bits per heavy atom. The third-order valence-corrected chi connectivity index (χ3v) is 11.1. The highest BCUT2D eigenvalue weighted by Gasteiger charge is 2.31. The lowest BCUT2D eigenvalue weighted by atomic mass is 10.0. The van der Waals surface area contributed by atoms with Crippen molar-refractivity contribution in [2.24, 2.45) is 0 Å². The van der Waals surface area contributed by atoms with Crippen molar-refractivity contribution in [2.45, 2.75) is 32.1 Å². The Morgan fingerprint density at radius 1 is 0.652 bits per heavy atom. The molecule has 2 atom stereocenters. The van der Waals surface area contributed by atoms with Gasteiger partial charge in [0.1, 0.15) is 17.2 Å². The molecular formula is C49H42Cl2F4N10O4. The first-order valence-electron chi connectivity index (χ1n) is 20.9. The molecule has 0 saturated heterocycles. The lowest BCUT2D eigenvalue weighted by molar-refractivity contribution is -0.137. The van der Waals surface area contributed by atoms with Crippen LogP contribution in [0.25, 0.3) is 22.5 Å². The summed E-state index contributed by atoms with van der Waals surface area (Å²) in [6.07, 6.45) is 1.93. The van der Waals surface area contributed by atoms with Crippen LogP contribution in [0.15, 0.2) is 134 Å². The zero-order valence-electron chi connectivity index (χ0n) is 36.5. The minimum absolute atomic E-state index is 0.0825. The number of para-hydroxylation sites is 2. The molecule has 8 N–H and O–H groups in total. The predicted molar refractivity (Wildman–Crippen MR) is 255 cm³/mol. The van der Waals surface area contributed by atoms with Gasteiger partial charge >= 0.3 is 6.18 Å². The van der Waals surface area contributed by atoms with Gasteiger partial charge in [-0.05, 0) is 84.6 Å². The van der Waals surface area contributed by atoms with E-state index in [-0.39, 0.29) is 40.4 Å². The van der Waals surface area contributed by atoms with Crippen molar-refractivity contribution in [3.8, 4) is 22.5 Å². The third kappa shape index (κ3) is 12.3. The second kappa shape index (κ2) is 22.0. The molecule has 0 bridgehead atoms. The molecule has 0 aliphatic rings. The van der Waals surface area contributed by atoms with Gasteiger partial charge in [0.05, 0.1) is 63.7 Å². The minimum atomic E-state index is -4.54. The molecule has 0 aliphatic heterocycles. The van der Waals surface area contributed by atoms with Crippen LogP contribution in [0, 0.1) is 19.7 Å². The molecule has 354 valence electrons. The van der Waals surface area contributed by atoms with Crippen LogP contribution in [-0.2, 0) is 6.18 Å². The molecule has 2 unspecified atom stereocenters. The van der Waals surface area contributed by atoms with E-state index in [9.17, 15) is 37.4 Å². The SMILES string of the molecule is Cc1cnc(Nc2c(F)cccc2Cl)nc1-c1c[nH]c(C(=O)NC(CO)c2ccccc2)c1.Cc1cnc(Nc2ccccc2Cl)nc1-c1c[nH]c(C(=O)NC(CO)c2cccc(C(F)(F)F)c2)c1. The van der Waals surface area contributed by atoms with E-state index >= 15 is 0 Å². The maximum atomic E-state index is 14.1. The van der Waals surface area contributed by atoms with Crippen LogP contribution in [0.4, 0.5) is 40.8 Å². The first kappa shape index (κ1) is 49.3. The molecule has 0 fully saturated rings. The van der Waals surface area contributed by atoms with Crippen molar-refractivity contribution in [1.29, 1.82) is 0 Å². The summed E-state index contributed by atoms with van der Waals surface area (Å²) in [7, 11) is 0. The average Bonchev–Trinajstić information content (AvgIpc) is 4.05. The van der Waals surface area contributed by atoms with Crippen molar-refractivity contribution < 1.29 is 37.4 Å². The van der Waals surface area contributed by atoms with Crippen molar-refractivity contribution >= 4 is 58.3 Å². The Kier molecular flexibility index (Phi) is 15.7. The Bertz CT molecular complexity index is 3060. The number of aliphatic hydroxyl groups is 2. The number of nitrogens with zero attached hydrogens (tertiary/aromatic N) is 4. The van der Waals surface area contributed by atoms with Gasteiger partial charge < -0.3 is 41.4 Å². The van der Waals surface area contributed by atoms with Gasteiger partial charge in [-0.25, -0.2) is 24.3 Å². The molecule has 0 spiro atoms. The van der Waals surface area contributed by atoms with E-state index in [2.05, 4.69) is 51.2 Å². The summed E-state index contributed by atoms with van der Waals surface area (Å²) < 4.78 is 53.3. The standard InChI is InChI=1S/C25H21ClF3N5O2.C24H21ClFN5O2/c1-14-11-31-24(33-19-8-3-2-7-18(19)26)34-22(14)16-10-20(30-12-16)23(36)32-21(13-35)15-5-4-6-17(9-15)25(27,28)29;1-14-11-28-24(31-22-17(25)8-5-9-18(22)26)30-21(14)16-10-19(27-12-16)23(33)29-20(13-32)15-6-3-2-4-7-15/h2-12,21,30,35H,13H2,1H3,(H,32,36)(H,31,33,34);2-12,20,27,32H,13H2,1H3,(H,29,33)(H,28,30,31). The maximum absolute atomic E-state index is 14.1. The molecule has 2 amide bonds. The molecule has 8 aromatic rings. The van der Waals surface area contributed by atoms with Gasteiger partial charge in [0.15, 0.2) is 0 Å². The second-order valence-corrected chi connectivity index (χ2v) is 16.1. The van der Waals surface area contributed by atoms with Crippen molar-refractivity contribution in [2.75, 3.05) is 23.8 Å². The zero-order chi connectivity index (χ0) is 49.2. The molecule has 8 rings (SSSR count). The predicted octanol–water partition coefficient (Wildman–Crippen LogP) is 10.4. The fourth-order valence-corrected chi connectivity index (χ4v) is 7.28.